The van der Waals surface area contributed by atoms with E-state index in [9.17, 15) is 0 Å². The van der Waals surface area contributed by atoms with Gasteiger partial charge in [0.1, 0.15) is 12.1 Å². The SMILES string of the molecule is CCC(CC)C(Cl)CNc1ncnc2c1CCCCC2. The third-order valence-electron chi connectivity index (χ3n) is 4.40. The summed E-state index contributed by atoms with van der Waals surface area (Å²) < 4.78 is 0. The van der Waals surface area contributed by atoms with Crippen LogP contribution in [0.4, 0.5) is 5.82 Å². The maximum atomic E-state index is 6.51. The molecule has 4 heteroatoms. The fourth-order valence-corrected chi connectivity index (χ4v) is 3.44. The number of hydrogen-bond donors (Lipinski definition) is 1. The third kappa shape index (κ3) is 3.85. The number of alkyl halides is 1. The predicted molar refractivity (Wildman–Crippen MR) is 85.5 cm³/mol. The molecule has 1 aromatic heterocycles. The van der Waals surface area contributed by atoms with E-state index in [4.69, 9.17) is 11.6 Å². The number of nitrogens with one attached hydrogen (secondary N) is 1. The summed E-state index contributed by atoms with van der Waals surface area (Å²) in [7, 11) is 0. The van der Waals surface area contributed by atoms with Gasteiger partial charge in [0.05, 0.1) is 5.38 Å². The highest BCUT2D eigenvalue weighted by molar-refractivity contribution is 6.21. The average Bonchev–Trinajstić information content (AvgIpc) is 2.72. The molecule has 0 aliphatic heterocycles. The summed E-state index contributed by atoms with van der Waals surface area (Å²) in [6, 6.07) is 0. The number of nitrogens with zero attached hydrogens (tertiary/aromatic N) is 2. The maximum Gasteiger partial charge on any atom is 0.132 e. The molecule has 0 saturated carbocycles. The van der Waals surface area contributed by atoms with Gasteiger partial charge in [-0.2, -0.15) is 0 Å². The second-order valence-corrected chi connectivity index (χ2v) is 6.24. The quantitative estimate of drug-likeness (QED) is 0.631. The molecule has 0 spiro atoms. The number of aromatic nitrogens is 2. The van der Waals surface area contributed by atoms with Crippen LogP contribution in [-0.4, -0.2) is 21.9 Å². The summed E-state index contributed by atoms with van der Waals surface area (Å²) in [5, 5.41) is 3.63. The van der Waals surface area contributed by atoms with Crippen molar-refractivity contribution in [3.05, 3.63) is 17.6 Å². The molecule has 0 amide bonds. The van der Waals surface area contributed by atoms with E-state index < -0.39 is 0 Å². The van der Waals surface area contributed by atoms with Crippen molar-refractivity contribution in [1.82, 2.24) is 9.97 Å². The average molecular weight is 296 g/mol. The number of aryl methyl sites for hydroxylation is 1. The van der Waals surface area contributed by atoms with E-state index in [-0.39, 0.29) is 5.38 Å². The first-order chi connectivity index (χ1) is 9.76. The van der Waals surface area contributed by atoms with Crippen molar-refractivity contribution in [3.63, 3.8) is 0 Å². The lowest BCUT2D eigenvalue weighted by molar-refractivity contribution is 0.475. The molecule has 20 heavy (non-hydrogen) atoms. The molecule has 0 aromatic carbocycles. The Balaban J connectivity index is 2.03. The van der Waals surface area contributed by atoms with E-state index in [0.29, 0.717) is 5.92 Å². The second kappa shape index (κ2) is 7.82. The monoisotopic (exact) mass is 295 g/mol. The molecule has 1 unspecified atom stereocenters. The van der Waals surface area contributed by atoms with Crippen molar-refractivity contribution < 1.29 is 0 Å². The first kappa shape index (κ1) is 15.6. The van der Waals surface area contributed by atoms with Crippen LogP contribution in [0.25, 0.3) is 0 Å². The van der Waals surface area contributed by atoms with Gasteiger partial charge in [0.25, 0.3) is 0 Å². The molecule has 3 nitrogen and oxygen atoms in total. The van der Waals surface area contributed by atoms with Gasteiger partial charge in [-0.3, -0.25) is 0 Å². The Kier molecular flexibility index (Phi) is 6.08. The lowest BCUT2D eigenvalue weighted by Crippen LogP contribution is -2.24. The van der Waals surface area contributed by atoms with E-state index in [1.165, 1.54) is 30.5 Å². The molecule has 1 heterocycles. The standard InChI is InChI=1S/C16H26ClN3/c1-3-12(4-2)14(17)10-18-16-13-8-6-5-7-9-15(13)19-11-20-16/h11-12,14H,3-10H2,1-2H3,(H,18,19,20). The highest BCUT2D eigenvalue weighted by Gasteiger charge is 2.18. The van der Waals surface area contributed by atoms with Crippen molar-refractivity contribution in [2.45, 2.75) is 64.2 Å². The molecule has 1 N–H and O–H groups in total. The van der Waals surface area contributed by atoms with Gasteiger partial charge in [-0.05, 0) is 31.6 Å². The third-order valence-corrected chi connectivity index (χ3v) is 4.91. The van der Waals surface area contributed by atoms with Crippen LogP contribution >= 0.6 is 11.6 Å². The molecule has 1 aromatic rings. The lowest BCUT2D eigenvalue weighted by Gasteiger charge is -2.21. The largest absolute Gasteiger partial charge is 0.368 e. The summed E-state index contributed by atoms with van der Waals surface area (Å²) in [6.45, 7) is 5.21. The van der Waals surface area contributed by atoms with Gasteiger partial charge in [0.2, 0.25) is 0 Å². The molecule has 0 bridgehead atoms. The van der Waals surface area contributed by atoms with Crippen molar-refractivity contribution >= 4 is 17.4 Å². The van der Waals surface area contributed by atoms with Crippen LogP contribution < -0.4 is 5.32 Å². The molecule has 1 aliphatic rings. The van der Waals surface area contributed by atoms with Crippen molar-refractivity contribution in [3.8, 4) is 0 Å². The minimum Gasteiger partial charge on any atom is -0.368 e. The van der Waals surface area contributed by atoms with Crippen LogP contribution in [0.3, 0.4) is 0 Å². The van der Waals surface area contributed by atoms with E-state index in [1.54, 1.807) is 6.33 Å². The van der Waals surface area contributed by atoms with Crippen LogP contribution in [0, 0.1) is 5.92 Å². The highest BCUT2D eigenvalue weighted by atomic mass is 35.5. The van der Waals surface area contributed by atoms with Crippen LogP contribution in [0.5, 0.6) is 0 Å². The van der Waals surface area contributed by atoms with Crippen LogP contribution in [0.15, 0.2) is 6.33 Å². The molecule has 1 atom stereocenters. The van der Waals surface area contributed by atoms with Gasteiger partial charge in [-0.25, -0.2) is 9.97 Å². The zero-order valence-electron chi connectivity index (χ0n) is 12.7. The molecule has 0 radical (unpaired) electrons. The van der Waals surface area contributed by atoms with E-state index in [1.807, 2.05) is 0 Å². The van der Waals surface area contributed by atoms with E-state index in [0.717, 1.165) is 38.0 Å². The minimum absolute atomic E-state index is 0.168. The number of hydrogen-bond acceptors (Lipinski definition) is 3. The molecule has 1 aliphatic carbocycles. The van der Waals surface area contributed by atoms with Gasteiger partial charge >= 0.3 is 0 Å². The van der Waals surface area contributed by atoms with Crippen molar-refractivity contribution in [2.75, 3.05) is 11.9 Å². The Morgan fingerprint density at radius 1 is 1.15 bits per heavy atom. The van der Waals surface area contributed by atoms with Gasteiger partial charge in [0, 0.05) is 17.8 Å². The molecule has 0 saturated heterocycles. The Morgan fingerprint density at radius 2 is 1.90 bits per heavy atom. The minimum atomic E-state index is 0.168. The first-order valence-electron chi connectivity index (χ1n) is 7.96. The van der Waals surface area contributed by atoms with Crippen LogP contribution in [-0.2, 0) is 12.8 Å². The van der Waals surface area contributed by atoms with E-state index >= 15 is 0 Å². The second-order valence-electron chi connectivity index (χ2n) is 5.68. The summed E-state index contributed by atoms with van der Waals surface area (Å²) in [5.74, 6) is 1.58. The highest BCUT2D eigenvalue weighted by Crippen LogP contribution is 2.25. The summed E-state index contributed by atoms with van der Waals surface area (Å²) in [6.07, 6.45) is 9.91. The fourth-order valence-electron chi connectivity index (χ4n) is 3.01. The van der Waals surface area contributed by atoms with Crippen LogP contribution in [0.2, 0.25) is 0 Å². The number of halogens is 1. The molecule has 2 rings (SSSR count). The number of fused-ring (bicyclic) bond motifs is 1. The number of rotatable bonds is 6. The van der Waals surface area contributed by atoms with E-state index in [2.05, 4.69) is 29.1 Å². The van der Waals surface area contributed by atoms with Gasteiger partial charge in [-0.1, -0.05) is 33.1 Å². The summed E-state index contributed by atoms with van der Waals surface area (Å²) >= 11 is 6.51. The molecular formula is C16H26ClN3. The number of anilines is 1. The maximum absolute atomic E-state index is 6.51. The lowest BCUT2D eigenvalue weighted by atomic mass is 9.99. The Morgan fingerprint density at radius 3 is 2.65 bits per heavy atom. The van der Waals surface area contributed by atoms with Crippen molar-refractivity contribution in [2.24, 2.45) is 5.92 Å². The fraction of sp³-hybridized carbons (Fsp3) is 0.750. The summed E-state index contributed by atoms with van der Waals surface area (Å²) in [4.78, 5) is 8.89. The van der Waals surface area contributed by atoms with Gasteiger partial charge < -0.3 is 5.32 Å². The Hall–Kier alpha value is -0.830. The topological polar surface area (TPSA) is 37.8 Å². The Labute approximate surface area is 127 Å². The normalized spacial score (nSPS) is 16.6. The molecule has 0 fully saturated rings. The Bertz CT molecular complexity index is 418. The summed E-state index contributed by atoms with van der Waals surface area (Å²) in [5.41, 5.74) is 2.55. The van der Waals surface area contributed by atoms with Gasteiger partial charge in [0.15, 0.2) is 0 Å². The molecule has 112 valence electrons. The zero-order valence-corrected chi connectivity index (χ0v) is 13.4. The van der Waals surface area contributed by atoms with Crippen molar-refractivity contribution in [1.29, 1.82) is 0 Å². The smallest absolute Gasteiger partial charge is 0.132 e. The van der Waals surface area contributed by atoms with Gasteiger partial charge in [-0.15, -0.1) is 11.6 Å². The first-order valence-corrected chi connectivity index (χ1v) is 8.40. The zero-order chi connectivity index (χ0) is 14.4. The predicted octanol–water partition coefficient (Wildman–Crippen LogP) is 4.20. The molecular weight excluding hydrogens is 270 g/mol. The van der Waals surface area contributed by atoms with Crippen LogP contribution in [0.1, 0.15) is 57.2 Å².